The Balaban J connectivity index is 2.92. The molecule has 1 aromatic heterocycles. The van der Waals surface area contributed by atoms with Crippen molar-refractivity contribution >= 4 is 5.91 Å². The summed E-state index contributed by atoms with van der Waals surface area (Å²) in [6.07, 6.45) is 0.837. The molecule has 1 amide bonds. The number of hydrogen-bond acceptors (Lipinski definition) is 4. The molecule has 0 bridgehead atoms. The minimum absolute atomic E-state index is 0.00769. The highest BCUT2D eigenvalue weighted by molar-refractivity contribution is 5.76. The lowest BCUT2D eigenvalue weighted by Gasteiger charge is -2.12. The van der Waals surface area contributed by atoms with Crippen LogP contribution in [0.2, 0.25) is 0 Å². The number of rotatable bonds is 4. The smallest absolute Gasteiger partial charge is 0.240 e. The van der Waals surface area contributed by atoms with Crippen molar-refractivity contribution in [3.8, 4) is 12.1 Å². The minimum Gasteiger partial charge on any atom is -0.352 e. The van der Waals surface area contributed by atoms with Gasteiger partial charge < -0.3 is 9.88 Å². The van der Waals surface area contributed by atoms with Crippen molar-refractivity contribution in [3.05, 3.63) is 17.2 Å². The molecule has 94 valence electrons. The highest BCUT2D eigenvalue weighted by Crippen LogP contribution is 2.09. The van der Waals surface area contributed by atoms with E-state index in [0.717, 1.165) is 6.42 Å². The molecule has 6 heteroatoms. The van der Waals surface area contributed by atoms with Gasteiger partial charge in [0.25, 0.3) is 0 Å². The van der Waals surface area contributed by atoms with Crippen LogP contribution >= 0.6 is 0 Å². The molecule has 1 aromatic rings. The van der Waals surface area contributed by atoms with Crippen LogP contribution in [0.15, 0.2) is 0 Å². The number of carbonyl (C=O) groups excluding carboxylic acids is 1. The van der Waals surface area contributed by atoms with E-state index in [-0.39, 0.29) is 29.9 Å². The van der Waals surface area contributed by atoms with Crippen LogP contribution in [0.4, 0.5) is 0 Å². The first kappa shape index (κ1) is 13.7. The van der Waals surface area contributed by atoms with Gasteiger partial charge in [-0.15, -0.1) is 0 Å². The first-order chi connectivity index (χ1) is 8.53. The average Bonchev–Trinajstić information content (AvgIpc) is 2.65. The van der Waals surface area contributed by atoms with Gasteiger partial charge in [0.15, 0.2) is 11.4 Å². The third kappa shape index (κ3) is 2.86. The third-order valence-corrected chi connectivity index (χ3v) is 2.69. The molecule has 0 aromatic carbocycles. The lowest BCUT2D eigenvalue weighted by Crippen LogP contribution is -2.35. The summed E-state index contributed by atoms with van der Waals surface area (Å²) in [5.74, 6) is 0.299. The summed E-state index contributed by atoms with van der Waals surface area (Å²) in [5.41, 5.74) is 0.195. The van der Waals surface area contributed by atoms with E-state index in [9.17, 15) is 4.79 Å². The lowest BCUT2D eigenvalue weighted by atomic mass is 10.2. The van der Waals surface area contributed by atoms with Crippen LogP contribution in [0.5, 0.6) is 0 Å². The second kappa shape index (κ2) is 5.83. The van der Waals surface area contributed by atoms with Gasteiger partial charge in [-0.2, -0.15) is 10.5 Å². The zero-order valence-electron chi connectivity index (χ0n) is 10.7. The summed E-state index contributed by atoms with van der Waals surface area (Å²) in [5, 5.41) is 20.6. The van der Waals surface area contributed by atoms with E-state index >= 15 is 0 Å². The number of nitrogens with one attached hydrogen (secondary N) is 1. The van der Waals surface area contributed by atoms with E-state index in [1.807, 2.05) is 26.0 Å². The number of carbonyl (C=O) groups is 1. The monoisotopic (exact) mass is 245 g/mol. The summed E-state index contributed by atoms with van der Waals surface area (Å²) in [6, 6.07) is 3.84. The van der Waals surface area contributed by atoms with Crippen molar-refractivity contribution < 1.29 is 4.79 Å². The summed E-state index contributed by atoms with van der Waals surface area (Å²) in [6.45, 7) is 5.55. The first-order valence-corrected chi connectivity index (χ1v) is 5.70. The molecule has 0 aliphatic heterocycles. The van der Waals surface area contributed by atoms with Crippen LogP contribution in [0.1, 0.15) is 37.5 Å². The van der Waals surface area contributed by atoms with Crippen LogP contribution in [0, 0.1) is 29.6 Å². The lowest BCUT2D eigenvalue weighted by molar-refractivity contribution is -0.122. The van der Waals surface area contributed by atoms with Gasteiger partial charge in [0.1, 0.15) is 24.5 Å². The van der Waals surface area contributed by atoms with E-state index in [4.69, 9.17) is 10.5 Å². The van der Waals surface area contributed by atoms with Crippen molar-refractivity contribution in [1.29, 1.82) is 10.5 Å². The molecule has 0 fully saturated rings. The number of amides is 1. The van der Waals surface area contributed by atoms with Gasteiger partial charge in [-0.25, -0.2) is 4.98 Å². The van der Waals surface area contributed by atoms with E-state index in [1.54, 1.807) is 6.92 Å². The van der Waals surface area contributed by atoms with Crippen LogP contribution in [0.25, 0.3) is 0 Å². The summed E-state index contributed by atoms with van der Waals surface area (Å²) in [4.78, 5) is 15.7. The molecule has 1 N–H and O–H groups in total. The Morgan fingerprint density at radius 3 is 2.67 bits per heavy atom. The van der Waals surface area contributed by atoms with Gasteiger partial charge in [-0.1, -0.05) is 6.92 Å². The number of nitrogens with zero attached hydrogens (tertiary/aromatic N) is 4. The topological polar surface area (TPSA) is 94.5 Å². The maximum absolute atomic E-state index is 11.7. The van der Waals surface area contributed by atoms with Crippen molar-refractivity contribution in [2.45, 2.75) is 39.8 Å². The Labute approximate surface area is 106 Å². The molecule has 0 aliphatic rings. The van der Waals surface area contributed by atoms with Crippen molar-refractivity contribution in [2.75, 3.05) is 0 Å². The number of hydrogen-bond donors (Lipinski definition) is 1. The minimum atomic E-state index is -0.189. The molecular formula is C12H15N5O. The van der Waals surface area contributed by atoms with Crippen molar-refractivity contribution in [3.63, 3.8) is 0 Å². The number of imidazole rings is 1. The van der Waals surface area contributed by atoms with E-state index < -0.39 is 0 Å². The van der Waals surface area contributed by atoms with E-state index in [2.05, 4.69) is 10.3 Å². The Kier molecular flexibility index (Phi) is 4.45. The number of aromatic nitrogens is 2. The average molecular weight is 245 g/mol. The fourth-order valence-corrected chi connectivity index (χ4v) is 1.52. The van der Waals surface area contributed by atoms with Gasteiger partial charge >= 0.3 is 0 Å². The molecule has 6 nitrogen and oxygen atoms in total. The van der Waals surface area contributed by atoms with E-state index in [0.29, 0.717) is 5.82 Å². The van der Waals surface area contributed by atoms with Crippen molar-refractivity contribution in [1.82, 2.24) is 14.9 Å². The number of nitriles is 2. The Bertz CT molecular complexity index is 532. The molecule has 0 spiro atoms. The second-order valence-corrected chi connectivity index (χ2v) is 4.04. The van der Waals surface area contributed by atoms with Crippen molar-refractivity contribution in [2.24, 2.45) is 0 Å². The SMILES string of the molecule is CC[C@@H](C)NC(=O)Cn1c(C)nc(C#N)c1C#N. The van der Waals surface area contributed by atoms with Gasteiger partial charge in [0.05, 0.1) is 0 Å². The fraction of sp³-hybridized carbons (Fsp3) is 0.500. The predicted molar refractivity (Wildman–Crippen MR) is 64.3 cm³/mol. The quantitative estimate of drug-likeness (QED) is 0.850. The van der Waals surface area contributed by atoms with Gasteiger partial charge in [-0.3, -0.25) is 4.79 Å². The van der Waals surface area contributed by atoms with Gasteiger partial charge in [0.2, 0.25) is 5.91 Å². The Hall–Kier alpha value is -2.34. The highest BCUT2D eigenvalue weighted by Gasteiger charge is 2.16. The van der Waals surface area contributed by atoms with Gasteiger partial charge in [-0.05, 0) is 20.3 Å². The second-order valence-electron chi connectivity index (χ2n) is 4.04. The summed E-state index contributed by atoms with van der Waals surface area (Å²) < 4.78 is 1.45. The normalized spacial score (nSPS) is 11.4. The van der Waals surface area contributed by atoms with Crippen LogP contribution < -0.4 is 5.32 Å². The standard InChI is InChI=1S/C12H15N5O/c1-4-8(2)15-12(18)7-17-9(3)16-10(5-13)11(17)6-14/h8H,4,7H2,1-3H3,(H,15,18)/t8-/m1/s1. The molecule has 1 atom stereocenters. The largest absolute Gasteiger partial charge is 0.352 e. The molecule has 0 aliphatic carbocycles. The zero-order chi connectivity index (χ0) is 13.7. The molecule has 1 rings (SSSR count). The fourth-order valence-electron chi connectivity index (χ4n) is 1.52. The number of aryl methyl sites for hydroxylation is 1. The molecule has 0 radical (unpaired) electrons. The summed E-state index contributed by atoms with van der Waals surface area (Å²) in [7, 11) is 0. The van der Waals surface area contributed by atoms with Gasteiger partial charge in [0, 0.05) is 6.04 Å². The zero-order valence-corrected chi connectivity index (χ0v) is 10.7. The predicted octanol–water partition coefficient (Wildman–Crippen LogP) is 0.850. The molecule has 18 heavy (non-hydrogen) atoms. The van der Waals surface area contributed by atoms with Crippen LogP contribution in [-0.2, 0) is 11.3 Å². The Morgan fingerprint density at radius 1 is 1.50 bits per heavy atom. The molecular weight excluding hydrogens is 230 g/mol. The first-order valence-electron chi connectivity index (χ1n) is 5.70. The highest BCUT2D eigenvalue weighted by atomic mass is 16.2. The van der Waals surface area contributed by atoms with Crippen LogP contribution in [-0.4, -0.2) is 21.5 Å². The maximum atomic E-state index is 11.7. The third-order valence-electron chi connectivity index (χ3n) is 2.69. The van der Waals surface area contributed by atoms with E-state index in [1.165, 1.54) is 4.57 Å². The molecule has 0 unspecified atom stereocenters. The maximum Gasteiger partial charge on any atom is 0.240 e. The summed E-state index contributed by atoms with van der Waals surface area (Å²) >= 11 is 0. The van der Waals surface area contributed by atoms with Crippen LogP contribution in [0.3, 0.4) is 0 Å². The molecule has 1 heterocycles. The molecule has 0 saturated heterocycles. The Morgan fingerprint density at radius 2 is 2.17 bits per heavy atom. The molecule has 0 saturated carbocycles.